The number of hydrogen-bond acceptors (Lipinski definition) is 4. The van der Waals surface area contributed by atoms with Crippen molar-refractivity contribution in [2.45, 2.75) is 106 Å². The summed E-state index contributed by atoms with van der Waals surface area (Å²) in [5.74, 6) is 0.446. The van der Waals surface area contributed by atoms with Crippen molar-refractivity contribution < 1.29 is 19.2 Å². The molecule has 3 unspecified atom stereocenters. The third-order valence-corrected chi connectivity index (χ3v) is 6.44. The molecule has 0 spiro atoms. The molecule has 0 fully saturated rings. The van der Waals surface area contributed by atoms with Crippen molar-refractivity contribution in [3.05, 3.63) is 34.4 Å². The lowest BCUT2D eigenvalue weighted by Crippen LogP contribution is -2.30. The van der Waals surface area contributed by atoms with Crippen molar-refractivity contribution in [3.63, 3.8) is 0 Å². The fourth-order valence-corrected chi connectivity index (χ4v) is 5.24. The summed E-state index contributed by atoms with van der Waals surface area (Å²) in [6.07, 6.45) is 6.33. The highest BCUT2D eigenvalue weighted by molar-refractivity contribution is 6.01. The third kappa shape index (κ3) is 8.64. The second kappa shape index (κ2) is 14.2. The predicted octanol–water partition coefficient (Wildman–Crippen LogP) is 6.67. The minimum absolute atomic E-state index is 0.00705. The second-order valence-corrected chi connectivity index (χ2v) is 9.82. The molecule has 0 heterocycles. The number of benzene rings is 1. The molecule has 0 radical (unpaired) electrons. The Morgan fingerprint density at radius 2 is 1.64 bits per heavy atom. The van der Waals surface area contributed by atoms with Crippen molar-refractivity contribution in [2.75, 3.05) is 0 Å². The largest absolute Gasteiger partial charge is 0.300 e. The van der Waals surface area contributed by atoms with E-state index in [0.29, 0.717) is 12.8 Å². The summed E-state index contributed by atoms with van der Waals surface area (Å²) in [6, 6.07) is 3.93. The van der Waals surface area contributed by atoms with E-state index in [1.54, 1.807) is 6.92 Å². The summed E-state index contributed by atoms with van der Waals surface area (Å²) in [5, 5.41) is 0. The molecular formula is C29H44O4. The molecule has 0 saturated carbocycles. The molecule has 4 heteroatoms. The first-order chi connectivity index (χ1) is 15.6. The molecule has 0 aliphatic heterocycles. The van der Waals surface area contributed by atoms with E-state index in [2.05, 4.69) is 20.8 Å². The first kappa shape index (κ1) is 28.9. The Bertz CT molecular complexity index is 836. The average molecular weight is 457 g/mol. The van der Waals surface area contributed by atoms with Gasteiger partial charge in [-0.15, -0.1) is 0 Å². The van der Waals surface area contributed by atoms with Gasteiger partial charge in [-0.2, -0.15) is 0 Å². The number of hydrogen-bond donors (Lipinski definition) is 0. The van der Waals surface area contributed by atoms with E-state index >= 15 is 0 Å². The lowest BCUT2D eigenvalue weighted by atomic mass is 9.71. The number of fused-ring (bicyclic) bond motifs is 1. The van der Waals surface area contributed by atoms with Crippen LogP contribution in [0.15, 0.2) is 12.1 Å². The van der Waals surface area contributed by atoms with E-state index in [-0.39, 0.29) is 47.3 Å². The number of Topliss-reactive ketones (excluding diaryl/α,β-unsaturated/α-hetero) is 4. The summed E-state index contributed by atoms with van der Waals surface area (Å²) < 4.78 is 0. The maximum absolute atomic E-state index is 13.0. The van der Waals surface area contributed by atoms with E-state index < -0.39 is 0 Å². The maximum atomic E-state index is 13.0. The van der Waals surface area contributed by atoms with Gasteiger partial charge in [0, 0.05) is 24.3 Å². The van der Waals surface area contributed by atoms with Crippen LogP contribution >= 0.6 is 0 Å². The average Bonchev–Trinajstić information content (AvgIpc) is 2.70. The van der Waals surface area contributed by atoms with Crippen LogP contribution < -0.4 is 0 Å². The third-order valence-electron chi connectivity index (χ3n) is 6.44. The van der Waals surface area contributed by atoms with Gasteiger partial charge in [0.1, 0.15) is 17.3 Å². The van der Waals surface area contributed by atoms with Gasteiger partial charge in [-0.25, -0.2) is 0 Å². The van der Waals surface area contributed by atoms with E-state index in [4.69, 9.17) is 0 Å². The van der Waals surface area contributed by atoms with Crippen molar-refractivity contribution in [2.24, 2.45) is 17.8 Å². The van der Waals surface area contributed by atoms with Crippen LogP contribution in [0.3, 0.4) is 0 Å². The van der Waals surface area contributed by atoms with Crippen LogP contribution in [0.4, 0.5) is 0 Å². The fourth-order valence-electron chi connectivity index (χ4n) is 5.24. The fraction of sp³-hybridized carbons (Fsp3) is 0.655. The maximum Gasteiger partial charge on any atom is 0.163 e. The van der Waals surface area contributed by atoms with Crippen molar-refractivity contribution in [1.82, 2.24) is 0 Å². The quantitative estimate of drug-likeness (QED) is 0.349. The molecule has 0 aromatic heterocycles. The van der Waals surface area contributed by atoms with Gasteiger partial charge in [-0.1, -0.05) is 59.1 Å². The Morgan fingerprint density at radius 1 is 1.00 bits per heavy atom. The van der Waals surface area contributed by atoms with Crippen LogP contribution in [0.25, 0.3) is 0 Å². The standard InChI is InChI=1S/C26H36O4.C3H8/c1-6-8-20(22(7-2)24(29)12-18(5)28)13-19-14-23-21(11-17(4)27)10-9-16(3)26(23)25(30)15-19;1-3-2/h9-10,19-20,22H,6-8,11-15H2,1-5H3;3H2,1-2H3. The highest BCUT2D eigenvalue weighted by Crippen LogP contribution is 2.37. The van der Waals surface area contributed by atoms with E-state index in [1.165, 1.54) is 13.3 Å². The van der Waals surface area contributed by atoms with Crippen LogP contribution in [0.2, 0.25) is 0 Å². The first-order valence-electron chi connectivity index (χ1n) is 12.7. The molecule has 3 atom stereocenters. The predicted molar refractivity (Wildman–Crippen MR) is 135 cm³/mol. The summed E-state index contributed by atoms with van der Waals surface area (Å²) in [7, 11) is 0. The minimum atomic E-state index is -0.125. The Balaban J connectivity index is 0.00000172. The van der Waals surface area contributed by atoms with Crippen LogP contribution in [-0.2, 0) is 27.2 Å². The molecule has 1 aromatic carbocycles. The number of carbonyl (C=O) groups excluding carboxylic acids is 4. The van der Waals surface area contributed by atoms with Crippen LogP contribution in [-0.4, -0.2) is 23.1 Å². The molecule has 1 aliphatic carbocycles. The zero-order valence-electron chi connectivity index (χ0n) is 21.9. The zero-order chi connectivity index (χ0) is 25.1. The van der Waals surface area contributed by atoms with Gasteiger partial charge < -0.3 is 0 Å². The van der Waals surface area contributed by atoms with Crippen molar-refractivity contribution >= 4 is 23.1 Å². The summed E-state index contributed by atoms with van der Waals surface area (Å²) in [5.41, 5.74) is 3.78. The van der Waals surface area contributed by atoms with Crippen molar-refractivity contribution in [3.8, 4) is 0 Å². The SMILES string of the molecule is CCC.CCCC(CC1CC(=O)c2c(C)ccc(CC(C)=O)c2C1)C(CC)C(=O)CC(C)=O. The molecule has 0 saturated heterocycles. The summed E-state index contributed by atoms with van der Waals surface area (Å²) >= 11 is 0. The Kier molecular flexibility index (Phi) is 12.5. The molecule has 2 rings (SSSR count). The van der Waals surface area contributed by atoms with Gasteiger partial charge in [-0.05, 0) is 68.6 Å². The van der Waals surface area contributed by atoms with Crippen LogP contribution in [0.5, 0.6) is 0 Å². The zero-order valence-corrected chi connectivity index (χ0v) is 21.9. The lowest BCUT2D eigenvalue weighted by molar-refractivity contribution is -0.130. The van der Waals surface area contributed by atoms with Crippen molar-refractivity contribution in [1.29, 1.82) is 0 Å². The van der Waals surface area contributed by atoms with Gasteiger partial charge >= 0.3 is 0 Å². The summed E-state index contributed by atoms with van der Waals surface area (Å²) in [6.45, 7) is 13.4. The molecule has 33 heavy (non-hydrogen) atoms. The molecule has 0 bridgehead atoms. The smallest absolute Gasteiger partial charge is 0.163 e. The molecular weight excluding hydrogens is 412 g/mol. The minimum Gasteiger partial charge on any atom is -0.300 e. The Hall–Kier alpha value is -2.10. The lowest BCUT2D eigenvalue weighted by Gasteiger charge is -2.32. The molecule has 0 N–H and O–H groups in total. The number of ketones is 4. The van der Waals surface area contributed by atoms with E-state index in [1.807, 2.05) is 26.0 Å². The Labute approximate surface area is 200 Å². The molecule has 4 nitrogen and oxygen atoms in total. The van der Waals surface area contributed by atoms with Gasteiger partial charge in [0.25, 0.3) is 0 Å². The first-order valence-corrected chi connectivity index (χ1v) is 12.7. The number of carbonyl (C=O) groups is 4. The number of aryl methyl sites for hydroxylation is 1. The summed E-state index contributed by atoms with van der Waals surface area (Å²) in [4.78, 5) is 49.0. The monoisotopic (exact) mass is 456 g/mol. The highest BCUT2D eigenvalue weighted by atomic mass is 16.1. The van der Waals surface area contributed by atoms with Crippen LogP contribution in [0, 0.1) is 24.7 Å². The molecule has 1 aromatic rings. The topological polar surface area (TPSA) is 68.3 Å². The Morgan fingerprint density at radius 3 is 2.15 bits per heavy atom. The normalized spacial score (nSPS) is 16.8. The molecule has 0 amide bonds. The second-order valence-electron chi connectivity index (χ2n) is 9.82. The van der Waals surface area contributed by atoms with Gasteiger partial charge in [-0.3, -0.25) is 19.2 Å². The van der Waals surface area contributed by atoms with E-state index in [9.17, 15) is 19.2 Å². The van der Waals surface area contributed by atoms with Gasteiger partial charge in [0.05, 0.1) is 6.42 Å². The highest BCUT2D eigenvalue weighted by Gasteiger charge is 2.33. The molecule has 184 valence electrons. The van der Waals surface area contributed by atoms with E-state index in [0.717, 1.165) is 54.4 Å². The molecule has 1 aliphatic rings. The van der Waals surface area contributed by atoms with Gasteiger partial charge in [0.15, 0.2) is 5.78 Å². The van der Waals surface area contributed by atoms with Crippen LogP contribution in [0.1, 0.15) is 114 Å². The van der Waals surface area contributed by atoms with Gasteiger partial charge in [0.2, 0.25) is 0 Å². The number of rotatable bonds is 11.